The van der Waals surface area contributed by atoms with Crippen LogP contribution in [-0.4, -0.2) is 9.55 Å². The van der Waals surface area contributed by atoms with Crippen molar-refractivity contribution in [2.75, 3.05) is 0 Å². The van der Waals surface area contributed by atoms with E-state index in [-0.39, 0.29) is 11.9 Å². The predicted octanol–water partition coefficient (Wildman–Crippen LogP) is 3.44. The molecule has 0 aliphatic rings. The van der Waals surface area contributed by atoms with Crippen LogP contribution in [0.1, 0.15) is 23.0 Å². The van der Waals surface area contributed by atoms with Crippen molar-refractivity contribution in [1.29, 1.82) is 0 Å². The van der Waals surface area contributed by atoms with E-state index >= 15 is 0 Å². The molecule has 3 rings (SSSR count). The molecule has 0 saturated heterocycles. The number of hydrogen-bond acceptors (Lipinski definition) is 2. The topological polar surface area (TPSA) is 29.9 Å². The highest BCUT2D eigenvalue weighted by Gasteiger charge is 2.18. The summed E-state index contributed by atoms with van der Waals surface area (Å²) in [6.07, 6.45) is 3.69. The van der Waals surface area contributed by atoms with Gasteiger partial charge in [-0.1, -0.05) is 48.5 Å². The molecular weight excluding hydrogens is 277 g/mol. The molecule has 0 saturated carbocycles. The standard InChI is InChI=1S/C18H18FN3/c1-22-12-11-20-18(22)17(14-7-3-2-4-8-14)21-13-15-9-5-6-10-16(15)19/h2-12,17,21H,13H2,1H3/t17-/m0/s1. The van der Waals surface area contributed by atoms with Crippen LogP contribution in [0.3, 0.4) is 0 Å². The van der Waals surface area contributed by atoms with Crippen molar-refractivity contribution < 1.29 is 4.39 Å². The molecule has 1 atom stereocenters. The number of nitrogens with zero attached hydrogens (tertiary/aromatic N) is 2. The molecule has 0 fully saturated rings. The Kier molecular flexibility index (Phi) is 4.30. The minimum atomic E-state index is -0.193. The zero-order chi connectivity index (χ0) is 15.4. The Morgan fingerprint density at radius 1 is 1.09 bits per heavy atom. The van der Waals surface area contributed by atoms with Crippen molar-refractivity contribution >= 4 is 0 Å². The third kappa shape index (κ3) is 3.07. The highest BCUT2D eigenvalue weighted by Crippen LogP contribution is 2.21. The Morgan fingerprint density at radius 2 is 1.82 bits per heavy atom. The summed E-state index contributed by atoms with van der Waals surface area (Å²) in [5.74, 6) is 0.712. The Labute approximate surface area is 129 Å². The maximum Gasteiger partial charge on any atom is 0.130 e. The monoisotopic (exact) mass is 295 g/mol. The highest BCUT2D eigenvalue weighted by molar-refractivity contribution is 5.26. The predicted molar refractivity (Wildman–Crippen MR) is 84.7 cm³/mol. The second-order valence-corrected chi connectivity index (χ2v) is 5.21. The second kappa shape index (κ2) is 6.54. The summed E-state index contributed by atoms with van der Waals surface area (Å²) in [6.45, 7) is 0.444. The van der Waals surface area contributed by atoms with E-state index in [0.29, 0.717) is 12.1 Å². The summed E-state index contributed by atoms with van der Waals surface area (Å²) < 4.78 is 15.8. The molecule has 0 radical (unpaired) electrons. The van der Waals surface area contributed by atoms with Crippen LogP contribution in [0.15, 0.2) is 67.0 Å². The maximum absolute atomic E-state index is 13.8. The zero-order valence-corrected chi connectivity index (χ0v) is 12.4. The lowest BCUT2D eigenvalue weighted by Crippen LogP contribution is -2.25. The molecule has 112 valence electrons. The Balaban J connectivity index is 1.87. The molecule has 0 amide bonds. The largest absolute Gasteiger partial charge is 0.336 e. The van der Waals surface area contributed by atoms with Crippen LogP contribution >= 0.6 is 0 Å². The Bertz CT molecular complexity index is 737. The van der Waals surface area contributed by atoms with E-state index < -0.39 is 0 Å². The van der Waals surface area contributed by atoms with Crippen molar-refractivity contribution in [3.8, 4) is 0 Å². The number of hydrogen-bond donors (Lipinski definition) is 1. The first kappa shape index (κ1) is 14.5. The molecule has 0 aliphatic carbocycles. The average Bonchev–Trinajstić information content (AvgIpc) is 2.96. The Morgan fingerprint density at radius 3 is 2.50 bits per heavy atom. The number of halogens is 1. The fraction of sp³-hybridized carbons (Fsp3) is 0.167. The van der Waals surface area contributed by atoms with Gasteiger partial charge in [0, 0.05) is 31.5 Å². The lowest BCUT2D eigenvalue weighted by atomic mass is 10.1. The lowest BCUT2D eigenvalue weighted by Gasteiger charge is -2.19. The van der Waals surface area contributed by atoms with Gasteiger partial charge in [0.1, 0.15) is 11.6 Å². The summed E-state index contributed by atoms with van der Waals surface area (Å²) in [4.78, 5) is 4.43. The molecule has 0 unspecified atom stereocenters. The van der Waals surface area contributed by atoms with Gasteiger partial charge in [0.25, 0.3) is 0 Å². The third-order valence-corrected chi connectivity index (χ3v) is 3.70. The van der Waals surface area contributed by atoms with Crippen molar-refractivity contribution in [1.82, 2.24) is 14.9 Å². The number of rotatable bonds is 5. The molecule has 1 N–H and O–H groups in total. The number of imidazole rings is 1. The Hall–Kier alpha value is -2.46. The molecule has 22 heavy (non-hydrogen) atoms. The molecule has 1 heterocycles. The molecule has 3 aromatic rings. The molecule has 2 aromatic carbocycles. The van der Waals surface area contributed by atoms with Crippen LogP contribution in [0.5, 0.6) is 0 Å². The van der Waals surface area contributed by atoms with Gasteiger partial charge < -0.3 is 4.57 Å². The molecule has 0 bridgehead atoms. The van der Waals surface area contributed by atoms with Crippen molar-refractivity contribution in [3.05, 3.63) is 89.8 Å². The molecule has 0 spiro atoms. The minimum absolute atomic E-state index is 0.0826. The minimum Gasteiger partial charge on any atom is -0.336 e. The van der Waals surface area contributed by atoms with E-state index in [2.05, 4.69) is 10.3 Å². The summed E-state index contributed by atoms with van der Waals surface area (Å²) in [6, 6.07) is 16.8. The van der Waals surface area contributed by atoms with E-state index in [1.807, 2.05) is 54.2 Å². The summed E-state index contributed by atoms with van der Waals surface area (Å²) >= 11 is 0. The number of aromatic nitrogens is 2. The van der Waals surface area contributed by atoms with E-state index in [1.54, 1.807) is 18.3 Å². The summed E-state index contributed by atoms with van der Waals surface area (Å²) in [5, 5.41) is 3.41. The van der Waals surface area contributed by atoms with Crippen molar-refractivity contribution in [3.63, 3.8) is 0 Å². The summed E-state index contributed by atoms with van der Waals surface area (Å²) in [5.41, 5.74) is 1.76. The molecule has 3 nitrogen and oxygen atoms in total. The quantitative estimate of drug-likeness (QED) is 0.781. The van der Waals surface area contributed by atoms with Gasteiger partial charge in [-0.05, 0) is 11.6 Å². The van der Waals surface area contributed by atoms with E-state index in [1.165, 1.54) is 6.07 Å². The first-order chi connectivity index (χ1) is 10.8. The van der Waals surface area contributed by atoms with Crippen LogP contribution in [-0.2, 0) is 13.6 Å². The van der Waals surface area contributed by atoms with Gasteiger partial charge in [-0.2, -0.15) is 0 Å². The molecular formula is C18H18FN3. The first-order valence-corrected chi connectivity index (χ1v) is 7.24. The molecule has 4 heteroatoms. The van der Waals surface area contributed by atoms with Crippen molar-refractivity contribution in [2.45, 2.75) is 12.6 Å². The smallest absolute Gasteiger partial charge is 0.130 e. The van der Waals surface area contributed by atoms with Gasteiger partial charge >= 0.3 is 0 Å². The maximum atomic E-state index is 13.8. The van der Waals surface area contributed by atoms with Crippen LogP contribution in [0.25, 0.3) is 0 Å². The van der Waals surface area contributed by atoms with Gasteiger partial charge in [-0.15, -0.1) is 0 Å². The van der Waals surface area contributed by atoms with Gasteiger partial charge in [0.2, 0.25) is 0 Å². The fourth-order valence-corrected chi connectivity index (χ4v) is 2.51. The number of benzene rings is 2. The van der Waals surface area contributed by atoms with E-state index in [4.69, 9.17) is 0 Å². The number of nitrogens with one attached hydrogen (secondary N) is 1. The molecule has 0 aliphatic heterocycles. The number of aryl methyl sites for hydroxylation is 1. The van der Waals surface area contributed by atoms with Gasteiger partial charge in [0.05, 0.1) is 6.04 Å². The van der Waals surface area contributed by atoms with E-state index in [9.17, 15) is 4.39 Å². The second-order valence-electron chi connectivity index (χ2n) is 5.21. The van der Waals surface area contributed by atoms with Crippen LogP contribution in [0.2, 0.25) is 0 Å². The molecule has 1 aromatic heterocycles. The lowest BCUT2D eigenvalue weighted by molar-refractivity contribution is 0.535. The first-order valence-electron chi connectivity index (χ1n) is 7.24. The van der Waals surface area contributed by atoms with Gasteiger partial charge in [0.15, 0.2) is 0 Å². The van der Waals surface area contributed by atoms with Gasteiger partial charge in [-0.25, -0.2) is 9.37 Å². The SMILES string of the molecule is Cn1ccnc1[C@@H](NCc1ccccc1F)c1ccccc1. The summed E-state index contributed by atoms with van der Waals surface area (Å²) in [7, 11) is 1.96. The van der Waals surface area contributed by atoms with Crippen molar-refractivity contribution in [2.24, 2.45) is 7.05 Å². The van der Waals surface area contributed by atoms with E-state index in [0.717, 1.165) is 11.4 Å². The normalized spacial score (nSPS) is 12.3. The highest BCUT2D eigenvalue weighted by atomic mass is 19.1. The van der Waals surface area contributed by atoms with Crippen LogP contribution in [0.4, 0.5) is 4.39 Å². The average molecular weight is 295 g/mol. The fourth-order valence-electron chi connectivity index (χ4n) is 2.51. The zero-order valence-electron chi connectivity index (χ0n) is 12.4. The van der Waals surface area contributed by atoms with Crippen LogP contribution < -0.4 is 5.32 Å². The third-order valence-electron chi connectivity index (χ3n) is 3.70. The van der Waals surface area contributed by atoms with Gasteiger partial charge in [-0.3, -0.25) is 5.32 Å². The van der Waals surface area contributed by atoms with Crippen LogP contribution in [0, 0.1) is 5.82 Å².